The van der Waals surface area contributed by atoms with Crippen LogP contribution in [0, 0.1) is 5.92 Å². The summed E-state index contributed by atoms with van der Waals surface area (Å²) in [4.78, 5) is 31.3. The van der Waals surface area contributed by atoms with E-state index in [0.29, 0.717) is 19.5 Å². The number of amides is 2. The molecule has 6 nitrogen and oxygen atoms in total. The van der Waals surface area contributed by atoms with Crippen molar-refractivity contribution in [2.24, 2.45) is 5.92 Å². The van der Waals surface area contributed by atoms with Crippen LogP contribution in [0.3, 0.4) is 0 Å². The highest BCUT2D eigenvalue weighted by Gasteiger charge is 2.31. The lowest BCUT2D eigenvalue weighted by Gasteiger charge is -2.10. The molecular weight excluding hydrogens is 208 g/mol. The maximum absolute atomic E-state index is 11.7. The third kappa shape index (κ3) is 2.21. The molecule has 2 N–H and O–H groups in total. The summed E-state index contributed by atoms with van der Waals surface area (Å²) in [7, 11) is 1.71. The molecule has 86 valence electrons. The summed E-state index contributed by atoms with van der Waals surface area (Å²) in [5, 5.41) is 2.78. The molecule has 2 rings (SSSR count). The summed E-state index contributed by atoms with van der Waals surface area (Å²) in [5.41, 5.74) is 0.853. The zero-order valence-corrected chi connectivity index (χ0v) is 9.06. The molecule has 1 aromatic heterocycles. The number of imidazole rings is 1. The number of hydrogen-bond donors (Lipinski definition) is 2. The average molecular weight is 222 g/mol. The quantitative estimate of drug-likeness (QED) is 0.724. The topological polar surface area (TPSA) is 78.1 Å². The fourth-order valence-corrected chi connectivity index (χ4v) is 1.75. The molecule has 1 aliphatic rings. The van der Waals surface area contributed by atoms with Gasteiger partial charge in [0.15, 0.2) is 0 Å². The van der Waals surface area contributed by atoms with Gasteiger partial charge in [-0.3, -0.25) is 9.59 Å². The average Bonchev–Trinajstić information content (AvgIpc) is 2.86. The van der Waals surface area contributed by atoms with E-state index in [0.717, 1.165) is 5.69 Å². The molecule has 0 radical (unpaired) electrons. The van der Waals surface area contributed by atoms with Gasteiger partial charge in [0.1, 0.15) is 0 Å². The lowest BCUT2D eigenvalue weighted by atomic mass is 10.1. The first kappa shape index (κ1) is 10.7. The number of likely N-dealkylation sites (tertiary alicyclic amines) is 1. The predicted octanol–water partition coefficient (Wildman–Crippen LogP) is -0.496. The van der Waals surface area contributed by atoms with Crippen LogP contribution in [0.2, 0.25) is 0 Å². The Bertz CT molecular complexity index is 388. The molecule has 2 heterocycles. The first-order valence-corrected chi connectivity index (χ1v) is 5.15. The van der Waals surface area contributed by atoms with Gasteiger partial charge in [0.25, 0.3) is 0 Å². The molecule has 1 unspecified atom stereocenters. The molecule has 1 aliphatic heterocycles. The molecule has 2 amide bonds. The van der Waals surface area contributed by atoms with Gasteiger partial charge >= 0.3 is 0 Å². The molecule has 0 aliphatic carbocycles. The second-order valence-electron chi connectivity index (χ2n) is 3.97. The Balaban J connectivity index is 1.83. The SMILES string of the molecule is CN1CC(C(=O)NCc2cnc[nH]2)CC1=O. The summed E-state index contributed by atoms with van der Waals surface area (Å²) in [5.74, 6) is -0.269. The minimum absolute atomic E-state index is 0.0293. The first-order valence-electron chi connectivity index (χ1n) is 5.15. The van der Waals surface area contributed by atoms with Gasteiger partial charge in [-0.1, -0.05) is 0 Å². The molecule has 16 heavy (non-hydrogen) atoms. The second kappa shape index (κ2) is 4.34. The fraction of sp³-hybridized carbons (Fsp3) is 0.500. The summed E-state index contributed by atoms with van der Waals surface area (Å²) in [6.45, 7) is 0.931. The first-order chi connectivity index (χ1) is 7.66. The van der Waals surface area contributed by atoms with Crippen molar-refractivity contribution in [2.45, 2.75) is 13.0 Å². The van der Waals surface area contributed by atoms with Gasteiger partial charge in [0.2, 0.25) is 11.8 Å². The smallest absolute Gasteiger partial charge is 0.225 e. The monoisotopic (exact) mass is 222 g/mol. The van der Waals surface area contributed by atoms with Crippen LogP contribution in [0.1, 0.15) is 12.1 Å². The lowest BCUT2D eigenvalue weighted by Crippen LogP contribution is -2.31. The Morgan fingerprint density at radius 3 is 3.12 bits per heavy atom. The number of aromatic amines is 1. The summed E-state index contributed by atoms with van der Waals surface area (Å²) in [6.07, 6.45) is 3.53. The van der Waals surface area contributed by atoms with E-state index in [-0.39, 0.29) is 17.7 Å². The Hall–Kier alpha value is -1.85. The molecule has 1 atom stereocenters. The highest BCUT2D eigenvalue weighted by molar-refractivity contribution is 5.89. The van der Waals surface area contributed by atoms with Crippen LogP contribution in [0.25, 0.3) is 0 Å². The zero-order chi connectivity index (χ0) is 11.5. The Labute approximate surface area is 93.0 Å². The molecule has 0 bridgehead atoms. The third-order valence-electron chi connectivity index (χ3n) is 2.72. The highest BCUT2D eigenvalue weighted by atomic mass is 16.2. The van der Waals surface area contributed by atoms with Crippen molar-refractivity contribution in [3.63, 3.8) is 0 Å². The van der Waals surface area contributed by atoms with Gasteiger partial charge < -0.3 is 15.2 Å². The number of aromatic nitrogens is 2. The van der Waals surface area contributed by atoms with Gasteiger partial charge in [0, 0.05) is 26.2 Å². The van der Waals surface area contributed by atoms with Crippen LogP contribution in [-0.4, -0.2) is 40.3 Å². The van der Waals surface area contributed by atoms with Crippen molar-refractivity contribution >= 4 is 11.8 Å². The van der Waals surface area contributed by atoms with Gasteiger partial charge in [-0.25, -0.2) is 4.98 Å². The van der Waals surface area contributed by atoms with Crippen molar-refractivity contribution in [1.29, 1.82) is 0 Å². The number of nitrogens with zero attached hydrogens (tertiary/aromatic N) is 2. The summed E-state index contributed by atoms with van der Waals surface area (Å²) in [6, 6.07) is 0. The van der Waals surface area contributed by atoms with Gasteiger partial charge in [-0.05, 0) is 0 Å². The number of H-pyrrole nitrogens is 1. The van der Waals surface area contributed by atoms with Crippen LogP contribution in [0.5, 0.6) is 0 Å². The Kier molecular flexibility index (Phi) is 2.89. The molecule has 1 saturated heterocycles. The van der Waals surface area contributed by atoms with Crippen LogP contribution in [-0.2, 0) is 16.1 Å². The molecule has 0 saturated carbocycles. The largest absolute Gasteiger partial charge is 0.350 e. The van der Waals surface area contributed by atoms with Crippen molar-refractivity contribution in [3.8, 4) is 0 Å². The molecule has 6 heteroatoms. The van der Waals surface area contributed by atoms with E-state index in [9.17, 15) is 9.59 Å². The van der Waals surface area contributed by atoms with Crippen LogP contribution >= 0.6 is 0 Å². The number of nitrogens with one attached hydrogen (secondary N) is 2. The summed E-state index contributed by atoms with van der Waals surface area (Å²) < 4.78 is 0. The predicted molar refractivity (Wildman–Crippen MR) is 56.2 cm³/mol. The lowest BCUT2D eigenvalue weighted by molar-refractivity contribution is -0.128. The van der Waals surface area contributed by atoms with Gasteiger partial charge in [0.05, 0.1) is 24.5 Å². The summed E-state index contributed by atoms with van der Waals surface area (Å²) >= 11 is 0. The van der Waals surface area contributed by atoms with Gasteiger partial charge in [-0.2, -0.15) is 0 Å². The second-order valence-corrected chi connectivity index (χ2v) is 3.97. The van der Waals surface area contributed by atoms with E-state index in [1.54, 1.807) is 24.5 Å². The maximum Gasteiger partial charge on any atom is 0.225 e. The molecule has 0 aromatic carbocycles. The van der Waals surface area contributed by atoms with E-state index in [2.05, 4.69) is 15.3 Å². The zero-order valence-electron chi connectivity index (χ0n) is 9.06. The van der Waals surface area contributed by atoms with E-state index in [1.807, 2.05) is 0 Å². The van der Waals surface area contributed by atoms with Crippen LogP contribution in [0.15, 0.2) is 12.5 Å². The van der Waals surface area contributed by atoms with E-state index in [1.165, 1.54) is 0 Å². The normalized spacial score (nSPS) is 20.2. The van der Waals surface area contributed by atoms with Crippen molar-refractivity contribution in [1.82, 2.24) is 20.2 Å². The van der Waals surface area contributed by atoms with E-state index < -0.39 is 0 Å². The maximum atomic E-state index is 11.7. The standard InChI is InChI=1S/C10H14N4O2/c1-14-5-7(2-9(14)15)10(16)12-4-8-3-11-6-13-8/h3,6-7H,2,4-5H2,1H3,(H,11,13)(H,12,16). The van der Waals surface area contributed by atoms with E-state index in [4.69, 9.17) is 0 Å². The third-order valence-corrected chi connectivity index (χ3v) is 2.72. The molecule has 0 spiro atoms. The Morgan fingerprint density at radius 1 is 1.75 bits per heavy atom. The minimum atomic E-state index is -0.222. The molecule has 1 fully saturated rings. The van der Waals surface area contributed by atoms with Crippen molar-refractivity contribution in [3.05, 3.63) is 18.2 Å². The highest BCUT2D eigenvalue weighted by Crippen LogP contribution is 2.15. The van der Waals surface area contributed by atoms with E-state index >= 15 is 0 Å². The number of carbonyl (C=O) groups is 2. The number of carbonyl (C=O) groups excluding carboxylic acids is 2. The molecule has 1 aromatic rings. The van der Waals surface area contributed by atoms with Crippen LogP contribution < -0.4 is 5.32 Å². The number of rotatable bonds is 3. The molecular formula is C10H14N4O2. The fourth-order valence-electron chi connectivity index (χ4n) is 1.75. The van der Waals surface area contributed by atoms with Crippen LogP contribution in [0.4, 0.5) is 0 Å². The van der Waals surface area contributed by atoms with Crippen molar-refractivity contribution < 1.29 is 9.59 Å². The minimum Gasteiger partial charge on any atom is -0.350 e. The van der Waals surface area contributed by atoms with Crippen molar-refractivity contribution in [2.75, 3.05) is 13.6 Å². The van der Waals surface area contributed by atoms with Gasteiger partial charge in [-0.15, -0.1) is 0 Å². The Morgan fingerprint density at radius 2 is 2.56 bits per heavy atom. The number of hydrogen-bond acceptors (Lipinski definition) is 3.